The summed E-state index contributed by atoms with van der Waals surface area (Å²) in [5.41, 5.74) is 6.65. The lowest BCUT2D eigenvalue weighted by molar-refractivity contribution is 0.630. The Hall–Kier alpha value is -1.07. The van der Waals surface area contributed by atoms with E-state index in [9.17, 15) is 4.39 Å². The van der Waals surface area contributed by atoms with Crippen LogP contribution < -0.4 is 5.73 Å². The van der Waals surface area contributed by atoms with Gasteiger partial charge >= 0.3 is 0 Å². The zero-order chi connectivity index (χ0) is 11.9. The molecule has 0 saturated carbocycles. The number of nitrogens with zero attached hydrogens (tertiary/aromatic N) is 2. The van der Waals surface area contributed by atoms with E-state index in [2.05, 4.69) is 21.0 Å². The summed E-state index contributed by atoms with van der Waals surface area (Å²) in [6.07, 6.45) is 1.51. The smallest absolute Gasteiger partial charge is 0.132 e. The van der Waals surface area contributed by atoms with Crippen molar-refractivity contribution in [1.82, 2.24) is 9.78 Å². The Morgan fingerprint density at radius 2 is 2.19 bits per heavy atom. The number of halogens is 3. The van der Waals surface area contributed by atoms with E-state index in [1.54, 1.807) is 7.05 Å². The Balaban J connectivity index is 2.73. The van der Waals surface area contributed by atoms with Gasteiger partial charge in [-0.05, 0) is 28.1 Å². The van der Waals surface area contributed by atoms with E-state index in [-0.39, 0.29) is 0 Å². The van der Waals surface area contributed by atoms with E-state index < -0.39 is 5.82 Å². The van der Waals surface area contributed by atoms with Crippen molar-refractivity contribution < 1.29 is 4.39 Å². The molecule has 0 spiro atoms. The molecular formula is C10H8BrClFN3. The van der Waals surface area contributed by atoms with Gasteiger partial charge < -0.3 is 5.73 Å². The number of hydrogen-bond donors (Lipinski definition) is 1. The molecule has 0 fully saturated rings. The molecule has 1 aromatic heterocycles. The maximum atomic E-state index is 13.7. The highest BCUT2D eigenvalue weighted by Gasteiger charge is 2.17. The molecule has 84 valence electrons. The minimum atomic E-state index is -0.393. The second kappa shape index (κ2) is 4.07. The maximum absolute atomic E-state index is 13.7. The number of nitrogen functional groups attached to an aromatic ring is 1. The molecular weight excluding hydrogens is 296 g/mol. The van der Waals surface area contributed by atoms with Crippen LogP contribution in [0.4, 0.5) is 10.2 Å². The number of benzene rings is 1. The first-order valence-electron chi connectivity index (χ1n) is 4.43. The van der Waals surface area contributed by atoms with Crippen LogP contribution in [0.3, 0.4) is 0 Å². The molecule has 1 aromatic carbocycles. The van der Waals surface area contributed by atoms with Crippen molar-refractivity contribution in [3.05, 3.63) is 33.6 Å². The van der Waals surface area contributed by atoms with Crippen LogP contribution in [0.25, 0.3) is 11.1 Å². The number of anilines is 1. The first-order chi connectivity index (χ1) is 7.52. The molecule has 3 nitrogen and oxygen atoms in total. The molecule has 2 aromatic rings. The summed E-state index contributed by atoms with van der Waals surface area (Å²) in [6, 6.07) is 2.78. The van der Waals surface area contributed by atoms with Gasteiger partial charge in [0, 0.05) is 22.6 Å². The highest BCUT2D eigenvalue weighted by atomic mass is 79.9. The third-order valence-electron chi connectivity index (χ3n) is 2.30. The van der Waals surface area contributed by atoms with Crippen LogP contribution in [0.1, 0.15) is 0 Å². The molecule has 16 heavy (non-hydrogen) atoms. The average Bonchev–Trinajstić information content (AvgIpc) is 2.56. The van der Waals surface area contributed by atoms with Crippen LogP contribution in [-0.4, -0.2) is 9.78 Å². The summed E-state index contributed by atoms with van der Waals surface area (Å²) in [6.45, 7) is 0. The molecule has 0 atom stereocenters. The fourth-order valence-corrected chi connectivity index (χ4v) is 2.11. The lowest BCUT2D eigenvalue weighted by Crippen LogP contribution is -1.99. The summed E-state index contributed by atoms with van der Waals surface area (Å²) < 4.78 is 15.7. The van der Waals surface area contributed by atoms with Crippen molar-refractivity contribution in [2.24, 2.45) is 7.05 Å². The molecule has 0 amide bonds. The van der Waals surface area contributed by atoms with Crippen LogP contribution in [0.5, 0.6) is 0 Å². The van der Waals surface area contributed by atoms with Crippen molar-refractivity contribution in [2.75, 3.05) is 5.73 Å². The van der Waals surface area contributed by atoms with E-state index in [0.717, 1.165) is 0 Å². The molecule has 0 aliphatic carbocycles. The van der Waals surface area contributed by atoms with E-state index in [4.69, 9.17) is 17.3 Å². The Morgan fingerprint density at radius 1 is 1.50 bits per heavy atom. The second-order valence-electron chi connectivity index (χ2n) is 3.29. The topological polar surface area (TPSA) is 43.8 Å². The number of nitrogens with two attached hydrogens (primary N) is 1. The van der Waals surface area contributed by atoms with Crippen molar-refractivity contribution in [3.8, 4) is 11.1 Å². The van der Waals surface area contributed by atoms with Gasteiger partial charge in [-0.15, -0.1) is 0 Å². The van der Waals surface area contributed by atoms with Crippen molar-refractivity contribution in [3.63, 3.8) is 0 Å². The fourth-order valence-electron chi connectivity index (χ4n) is 1.41. The zero-order valence-electron chi connectivity index (χ0n) is 8.34. The predicted molar refractivity (Wildman–Crippen MR) is 65.7 cm³/mol. The average molecular weight is 305 g/mol. The van der Waals surface area contributed by atoms with E-state index in [1.807, 2.05) is 0 Å². The molecule has 0 bridgehead atoms. The molecule has 0 unspecified atom stereocenters. The molecule has 1 heterocycles. The van der Waals surface area contributed by atoms with Gasteiger partial charge in [0.1, 0.15) is 11.6 Å². The summed E-state index contributed by atoms with van der Waals surface area (Å²) in [7, 11) is 1.69. The molecule has 0 radical (unpaired) electrons. The molecule has 2 N–H and O–H groups in total. The molecule has 0 aliphatic heterocycles. The first kappa shape index (κ1) is 11.4. The maximum Gasteiger partial charge on any atom is 0.132 e. The third-order valence-corrected chi connectivity index (χ3v) is 3.66. The Bertz CT molecular complexity index is 553. The van der Waals surface area contributed by atoms with Crippen molar-refractivity contribution >= 4 is 33.3 Å². The van der Waals surface area contributed by atoms with Gasteiger partial charge in [-0.2, -0.15) is 5.10 Å². The van der Waals surface area contributed by atoms with Gasteiger partial charge in [0.2, 0.25) is 0 Å². The van der Waals surface area contributed by atoms with Crippen LogP contribution in [0.15, 0.2) is 22.8 Å². The minimum Gasteiger partial charge on any atom is -0.383 e. The predicted octanol–water partition coefficient (Wildman–Crippen LogP) is 3.22. The van der Waals surface area contributed by atoms with Gasteiger partial charge in [0.05, 0.1) is 11.2 Å². The SMILES string of the molecule is Cn1ncc(-c2c(F)ccc(Cl)c2Br)c1N. The largest absolute Gasteiger partial charge is 0.383 e. The summed E-state index contributed by atoms with van der Waals surface area (Å²) in [5.74, 6) is -0.00200. The number of aryl methyl sites for hydroxylation is 1. The van der Waals surface area contributed by atoms with Gasteiger partial charge in [0.15, 0.2) is 0 Å². The molecule has 0 aliphatic rings. The first-order valence-corrected chi connectivity index (χ1v) is 5.60. The monoisotopic (exact) mass is 303 g/mol. The number of aromatic nitrogens is 2. The summed E-state index contributed by atoms with van der Waals surface area (Å²) in [4.78, 5) is 0. The third kappa shape index (κ3) is 1.70. The van der Waals surface area contributed by atoms with Crippen molar-refractivity contribution in [2.45, 2.75) is 0 Å². The van der Waals surface area contributed by atoms with E-state index in [0.29, 0.717) is 26.4 Å². The molecule has 0 saturated heterocycles. The van der Waals surface area contributed by atoms with E-state index in [1.165, 1.54) is 23.0 Å². The van der Waals surface area contributed by atoms with Crippen LogP contribution in [0, 0.1) is 5.82 Å². The van der Waals surface area contributed by atoms with Crippen LogP contribution in [0.2, 0.25) is 5.02 Å². The Labute approximate surface area is 105 Å². The number of rotatable bonds is 1. The standard InChI is InChI=1S/C10H8BrClFN3/c1-16-10(14)5(4-15-16)8-7(13)3-2-6(12)9(8)11/h2-4H,14H2,1H3. The van der Waals surface area contributed by atoms with E-state index >= 15 is 0 Å². The van der Waals surface area contributed by atoms with Gasteiger partial charge in [0.25, 0.3) is 0 Å². The summed E-state index contributed by atoms with van der Waals surface area (Å²) in [5, 5.41) is 4.40. The Kier molecular flexibility index (Phi) is 2.90. The lowest BCUT2D eigenvalue weighted by atomic mass is 10.1. The lowest BCUT2D eigenvalue weighted by Gasteiger charge is -2.07. The van der Waals surface area contributed by atoms with Gasteiger partial charge in [-0.25, -0.2) is 4.39 Å². The zero-order valence-corrected chi connectivity index (χ0v) is 10.7. The normalized spacial score (nSPS) is 10.8. The quantitative estimate of drug-likeness (QED) is 0.822. The van der Waals surface area contributed by atoms with Crippen molar-refractivity contribution in [1.29, 1.82) is 0 Å². The minimum absolute atomic E-state index is 0.332. The number of hydrogen-bond acceptors (Lipinski definition) is 2. The van der Waals surface area contributed by atoms with Gasteiger partial charge in [-0.1, -0.05) is 11.6 Å². The highest BCUT2D eigenvalue weighted by molar-refractivity contribution is 9.10. The van der Waals surface area contributed by atoms with Crippen LogP contribution in [-0.2, 0) is 7.05 Å². The summed E-state index contributed by atoms with van der Waals surface area (Å²) >= 11 is 9.16. The Morgan fingerprint density at radius 3 is 2.75 bits per heavy atom. The highest BCUT2D eigenvalue weighted by Crippen LogP contribution is 2.38. The van der Waals surface area contributed by atoms with Crippen LogP contribution >= 0.6 is 27.5 Å². The second-order valence-corrected chi connectivity index (χ2v) is 4.49. The van der Waals surface area contributed by atoms with Gasteiger partial charge in [-0.3, -0.25) is 4.68 Å². The molecule has 2 rings (SSSR count). The molecule has 6 heteroatoms. The fraction of sp³-hybridized carbons (Fsp3) is 0.100.